The lowest BCUT2D eigenvalue weighted by molar-refractivity contribution is -0.169. The van der Waals surface area contributed by atoms with Crippen molar-refractivity contribution in [2.45, 2.75) is 39.0 Å². The Morgan fingerprint density at radius 3 is 2.44 bits per heavy atom. The van der Waals surface area contributed by atoms with Crippen LogP contribution in [0.1, 0.15) is 31.0 Å². The molecule has 0 bridgehead atoms. The molecule has 0 radical (unpaired) electrons. The molecule has 0 unspecified atom stereocenters. The summed E-state index contributed by atoms with van der Waals surface area (Å²) in [6, 6.07) is 12.6. The largest absolute Gasteiger partial charge is 0.352 e. The van der Waals surface area contributed by atoms with Crippen LogP contribution in [0.15, 0.2) is 36.4 Å². The third-order valence-corrected chi connectivity index (χ3v) is 5.37. The Hall–Kier alpha value is -2.18. The van der Waals surface area contributed by atoms with Crippen LogP contribution in [-0.2, 0) is 16.0 Å². The van der Waals surface area contributed by atoms with Crippen molar-refractivity contribution in [2.24, 2.45) is 0 Å². The molecule has 1 aromatic carbocycles. The molecule has 1 spiro atoms. The summed E-state index contributed by atoms with van der Waals surface area (Å²) in [6.07, 6.45) is 1.72. The van der Waals surface area contributed by atoms with Gasteiger partial charge in [0.15, 0.2) is 5.79 Å². The fraction of sp³-hybridized carbons (Fsp3) is 0.524. The smallest absolute Gasteiger partial charge is 0.227 e. The lowest BCUT2D eigenvalue weighted by atomic mass is 10.0. The lowest BCUT2D eigenvalue weighted by Crippen LogP contribution is -2.45. The number of aromatic nitrogens is 2. The summed E-state index contributed by atoms with van der Waals surface area (Å²) in [7, 11) is 0. The minimum Gasteiger partial charge on any atom is -0.352 e. The van der Waals surface area contributed by atoms with Crippen molar-refractivity contribution in [3.05, 3.63) is 47.7 Å². The van der Waals surface area contributed by atoms with Gasteiger partial charge in [-0.25, -0.2) is 4.98 Å². The van der Waals surface area contributed by atoms with Gasteiger partial charge in [-0.3, -0.25) is 0 Å². The molecule has 2 saturated heterocycles. The summed E-state index contributed by atoms with van der Waals surface area (Å²) in [5, 5.41) is 0. The van der Waals surface area contributed by atoms with Gasteiger partial charge < -0.3 is 19.3 Å². The zero-order valence-electron chi connectivity index (χ0n) is 16.2. The summed E-state index contributed by atoms with van der Waals surface area (Å²) in [5.74, 6) is 1.42. The van der Waals surface area contributed by atoms with E-state index in [4.69, 9.17) is 19.4 Å². The van der Waals surface area contributed by atoms with Crippen molar-refractivity contribution >= 4 is 11.8 Å². The molecule has 0 N–H and O–H groups in total. The number of hydrogen-bond donors (Lipinski definition) is 0. The topological polar surface area (TPSA) is 50.7 Å². The van der Waals surface area contributed by atoms with Crippen LogP contribution in [0.3, 0.4) is 0 Å². The Morgan fingerprint density at radius 2 is 1.78 bits per heavy atom. The number of ether oxygens (including phenoxy) is 2. The zero-order valence-corrected chi connectivity index (χ0v) is 16.2. The van der Waals surface area contributed by atoms with E-state index in [0.29, 0.717) is 13.2 Å². The molecule has 2 aliphatic heterocycles. The van der Waals surface area contributed by atoms with Crippen LogP contribution in [0.25, 0.3) is 0 Å². The molecule has 2 aromatic rings. The number of rotatable bonds is 5. The van der Waals surface area contributed by atoms with Crippen molar-refractivity contribution in [1.82, 2.24) is 9.97 Å². The summed E-state index contributed by atoms with van der Waals surface area (Å²) in [6.45, 7) is 9.07. The van der Waals surface area contributed by atoms with E-state index >= 15 is 0 Å². The first-order chi connectivity index (χ1) is 13.2. The highest BCUT2D eigenvalue weighted by Crippen LogP contribution is 2.32. The van der Waals surface area contributed by atoms with Crippen molar-refractivity contribution in [3.63, 3.8) is 0 Å². The van der Waals surface area contributed by atoms with Crippen molar-refractivity contribution in [1.29, 1.82) is 0 Å². The highest BCUT2D eigenvalue weighted by molar-refractivity contribution is 5.46. The second kappa shape index (κ2) is 7.82. The standard InChI is InChI=1S/C21H28N4O2/c1-3-24(16-18-7-5-4-6-8-18)19-15-17(2)22-20(23-19)25-11-9-21(10-12-25)26-13-14-27-21/h4-8,15H,3,9-14,16H2,1-2H3. The first kappa shape index (κ1) is 18.2. The van der Waals surface area contributed by atoms with E-state index in [-0.39, 0.29) is 5.79 Å². The van der Waals surface area contributed by atoms with Gasteiger partial charge in [0.2, 0.25) is 5.95 Å². The number of anilines is 2. The van der Waals surface area contributed by atoms with E-state index in [1.165, 1.54) is 5.56 Å². The monoisotopic (exact) mass is 368 g/mol. The molecule has 6 nitrogen and oxygen atoms in total. The predicted molar refractivity (Wildman–Crippen MR) is 106 cm³/mol. The molecule has 144 valence electrons. The molecular weight excluding hydrogens is 340 g/mol. The Bertz CT molecular complexity index is 752. The molecule has 2 aliphatic rings. The fourth-order valence-corrected chi connectivity index (χ4v) is 3.83. The fourth-order valence-electron chi connectivity index (χ4n) is 3.83. The minimum absolute atomic E-state index is 0.369. The summed E-state index contributed by atoms with van der Waals surface area (Å²) in [5.41, 5.74) is 2.28. The van der Waals surface area contributed by atoms with Crippen LogP contribution in [0.5, 0.6) is 0 Å². The van der Waals surface area contributed by atoms with Gasteiger partial charge in [-0.1, -0.05) is 30.3 Å². The predicted octanol–water partition coefficient (Wildman–Crippen LogP) is 3.15. The quantitative estimate of drug-likeness (QED) is 0.808. The molecule has 0 amide bonds. The third-order valence-electron chi connectivity index (χ3n) is 5.37. The second-order valence-corrected chi connectivity index (χ2v) is 7.26. The Balaban J connectivity index is 1.50. The molecule has 2 fully saturated rings. The van der Waals surface area contributed by atoms with Crippen molar-refractivity contribution in [3.8, 4) is 0 Å². The van der Waals surface area contributed by atoms with Crippen LogP contribution < -0.4 is 9.80 Å². The Kier molecular flexibility index (Phi) is 5.27. The Morgan fingerprint density at radius 1 is 1.07 bits per heavy atom. The normalized spacial score (nSPS) is 18.8. The minimum atomic E-state index is -0.369. The summed E-state index contributed by atoms with van der Waals surface area (Å²) >= 11 is 0. The van der Waals surface area contributed by atoms with Gasteiger partial charge in [-0.05, 0) is 19.4 Å². The lowest BCUT2D eigenvalue weighted by Gasteiger charge is -2.37. The maximum absolute atomic E-state index is 5.84. The van der Waals surface area contributed by atoms with Gasteiger partial charge in [0, 0.05) is 50.8 Å². The van der Waals surface area contributed by atoms with Gasteiger partial charge in [0.1, 0.15) is 5.82 Å². The van der Waals surface area contributed by atoms with E-state index in [0.717, 1.165) is 56.5 Å². The second-order valence-electron chi connectivity index (χ2n) is 7.26. The van der Waals surface area contributed by atoms with Crippen molar-refractivity contribution < 1.29 is 9.47 Å². The molecular formula is C21H28N4O2. The van der Waals surface area contributed by atoms with Crippen LogP contribution >= 0.6 is 0 Å². The SMILES string of the molecule is CCN(Cc1ccccc1)c1cc(C)nc(N2CCC3(CC2)OCCO3)n1. The van der Waals surface area contributed by atoms with Gasteiger partial charge in [0.25, 0.3) is 0 Å². The molecule has 0 atom stereocenters. The number of nitrogens with zero attached hydrogens (tertiary/aromatic N) is 4. The Labute approximate surface area is 161 Å². The maximum Gasteiger partial charge on any atom is 0.227 e. The summed E-state index contributed by atoms with van der Waals surface area (Å²) < 4.78 is 11.7. The third kappa shape index (κ3) is 4.06. The van der Waals surface area contributed by atoms with Crippen LogP contribution in [0.4, 0.5) is 11.8 Å². The van der Waals surface area contributed by atoms with E-state index in [9.17, 15) is 0 Å². The molecule has 27 heavy (non-hydrogen) atoms. The molecule has 1 aromatic heterocycles. The van der Waals surface area contributed by atoms with Gasteiger partial charge in [-0.15, -0.1) is 0 Å². The first-order valence-electron chi connectivity index (χ1n) is 9.85. The summed E-state index contributed by atoms with van der Waals surface area (Å²) in [4.78, 5) is 14.1. The maximum atomic E-state index is 5.84. The number of piperidine rings is 1. The molecule has 3 heterocycles. The number of benzene rings is 1. The van der Waals surface area contributed by atoms with E-state index in [1.807, 2.05) is 13.0 Å². The van der Waals surface area contributed by atoms with E-state index < -0.39 is 0 Å². The first-order valence-corrected chi connectivity index (χ1v) is 9.85. The van der Waals surface area contributed by atoms with Gasteiger partial charge >= 0.3 is 0 Å². The van der Waals surface area contributed by atoms with Crippen LogP contribution in [0.2, 0.25) is 0 Å². The zero-order chi connectivity index (χ0) is 18.7. The average Bonchev–Trinajstić information content (AvgIpc) is 3.15. The average molecular weight is 368 g/mol. The van der Waals surface area contributed by atoms with Gasteiger partial charge in [-0.2, -0.15) is 4.98 Å². The van der Waals surface area contributed by atoms with Crippen LogP contribution in [0, 0.1) is 6.92 Å². The molecule has 4 rings (SSSR count). The number of hydrogen-bond acceptors (Lipinski definition) is 6. The molecule has 6 heteroatoms. The molecule has 0 aliphatic carbocycles. The molecule has 0 saturated carbocycles. The van der Waals surface area contributed by atoms with Crippen molar-refractivity contribution in [2.75, 3.05) is 42.6 Å². The number of aryl methyl sites for hydroxylation is 1. The van der Waals surface area contributed by atoms with E-state index in [1.54, 1.807) is 0 Å². The van der Waals surface area contributed by atoms with E-state index in [2.05, 4.69) is 47.1 Å². The van der Waals surface area contributed by atoms with Gasteiger partial charge in [0.05, 0.1) is 13.2 Å². The highest BCUT2D eigenvalue weighted by Gasteiger charge is 2.40. The van der Waals surface area contributed by atoms with Crippen LogP contribution in [-0.4, -0.2) is 48.6 Å². The highest BCUT2D eigenvalue weighted by atomic mass is 16.7.